The van der Waals surface area contributed by atoms with Crippen LogP contribution >= 0.6 is 0 Å². The zero-order chi connectivity index (χ0) is 18.4. The van der Waals surface area contributed by atoms with E-state index in [1.807, 2.05) is 19.1 Å². The first-order valence-corrected chi connectivity index (χ1v) is 8.63. The number of aryl methyl sites for hydroxylation is 1. The first-order chi connectivity index (χ1) is 12.6. The average molecular weight is 354 g/mol. The molecule has 1 aliphatic rings. The van der Waals surface area contributed by atoms with Crippen molar-refractivity contribution in [2.75, 3.05) is 13.2 Å². The topological polar surface area (TPSA) is 76.7 Å². The smallest absolute Gasteiger partial charge is 0.269 e. The van der Waals surface area contributed by atoms with E-state index in [0.29, 0.717) is 23.5 Å². The molecule has 0 aromatic heterocycles. The molecule has 1 unspecified atom stereocenters. The Kier molecular flexibility index (Phi) is 5.86. The van der Waals surface area contributed by atoms with Crippen LogP contribution in [0.3, 0.4) is 0 Å². The second kappa shape index (κ2) is 8.49. The molecule has 0 spiro atoms. The predicted octanol–water partition coefficient (Wildman–Crippen LogP) is 2.63. The Morgan fingerprint density at radius 3 is 2.12 bits per heavy atom. The van der Waals surface area contributed by atoms with E-state index in [1.165, 1.54) is 0 Å². The van der Waals surface area contributed by atoms with Gasteiger partial charge in [0.05, 0.1) is 6.10 Å². The minimum atomic E-state index is -0.392. The Morgan fingerprint density at radius 1 is 1.00 bits per heavy atom. The van der Waals surface area contributed by atoms with Gasteiger partial charge in [0.25, 0.3) is 11.8 Å². The van der Waals surface area contributed by atoms with Crippen LogP contribution in [0.1, 0.15) is 39.1 Å². The summed E-state index contributed by atoms with van der Waals surface area (Å²) in [6.07, 6.45) is 2.23. The average Bonchev–Trinajstić information content (AvgIpc) is 3.19. The highest BCUT2D eigenvalue weighted by atomic mass is 16.5. The summed E-state index contributed by atoms with van der Waals surface area (Å²) in [6, 6.07) is 13.8. The van der Waals surface area contributed by atoms with E-state index in [0.717, 1.165) is 25.0 Å². The van der Waals surface area contributed by atoms with E-state index < -0.39 is 5.91 Å². The van der Waals surface area contributed by atoms with Gasteiger partial charge in [-0.05, 0) is 56.2 Å². The van der Waals surface area contributed by atoms with E-state index in [9.17, 15) is 9.59 Å². The normalized spacial score (nSPS) is 16.1. The first kappa shape index (κ1) is 17.9. The Morgan fingerprint density at radius 2 is 1.58 bits per heavy atom. The number of hydrogen-bond acceptors (Lipinski definition) is 4. The van der Waals surface area contributed by atoms with Crippen LogP contribution in [0.2, 0.25) is 0 Å². The lowest BCUT2D eigenvalue weighted by atomic mass is 10.1. The largest absolute Gasteiger partial charge is 0.491 e. The quantitative estimate of drug-likeness (QED) is 0.810. The van der Waals surface area contributed by atoms with E-state index in [4.69, 9.17) is 9.47 Å². The van der Waals surface area contributed by atoms with E-state index >= 15 is 0 Å². The number of amides is 2. The van der Waals surface area contributed by atoms with Gasteiger partial charge in [0.1, 0.15) is 12.4 Å². The third kappa shape index (κ3) is 4.83. The molecule has 1 aliphatic heterocycles. The van der Waals surface area contributed by atoms with Gasteiger partial charge < -0.3 is 9.47 Å². The fourth-order valence-electron chi connectivity index (χ4n) is 2.63. The molecule has 0 radical (unpaired) electrons. The second-order valence-corrected chi connectivity index (χ2v) is 6.24. The molecule has 2 aromatic rings. The van der Waals surface area contributed by atoms with Crippen molar-refractivity contribution in [2.45, 2.75) is 25.9 Å². The molecule has 1 saturated heterocycles. The van der Waals surface area contributed by atoms with Gasteiger partial charge in [0.2, 0.25) is 0 Å². The van der Waals surface area contributed by atoms with Crippen LogP contribution < -0.4 is 15.6 Å². The van der Waals surface area contributed by atoms with Crippen molar-refractivity contribution in [1.29, 1.82) is 0 Å². The summed E-state index contributed by atoms with van der Waals surface area (Å²) in [7, 11) is 0. The molecule has 0 saturated carbocycles. The summed E-state index contributed by atoms with van der Waals surface area (Å²) in [5, 5.41) is 0. The highest BCUT2D eigenvalue weighted by Crippen LogP contribution is 2.16. The van der Waals surface area contributed by atoms with Crippen molar-refractivity contribution < 1.29 is 19.1 Å². The van der Waals surface area contributed by atoms with Gasteiger partial charge in [-0.15, -0.1) is 0 Å². The monoisotopic (exact) mass is 354 g/mol. The number of rotatable bonds is 5. The van der Waals surface area contributed by atoms with Gasteiger partial charge >= 0.3 is 0 Å². The van der Waals surface area contributed by atoms with E-state index in [2.05, 4.69) is 10.9 Å². The van der Waals surface area contributed by atoms with Gasteiger partial charge in [-0.3, -0.25) is 20.4 Å². The minimum absolute atomic E-state index is 0.148. The highest BCUT2D eigenvalue weighted by molar-refractivity contribution is 5.99. The fraction of sp³-hybridized carbons (Fsp3) is 0.300. The number of ether oxygens (including phenoxy) is 2. The standard InChI is InChI=1S/C20H22N2O4/c1-14-4-6-15(7-5-14)19(23)21-22-20(24)16-8-10-17(11-9-16)26-13-18-3-2-12-25-18/h4-11,18H,2-3,12-13H2,1H3,(H,21,23)(H,22,24). The summed E-state index contributed by atoms with van der Waals surface area (Å²) >= 11 is 0. The van der Waals surface area contributed by atoms with Crippen LogP contribution in [0.15, 0.2) is 48.5 Å². The maximum absolute atomic E-state index is 12.1. The van der Waals surface area contributed by atoms with Gasteiger partial charge in [0.15, 0.2) is 0 Å². The SMILES string of the molecule is Cc1ccc(C(=O)NNC(=O)c2ccc(OCC3CCCO3)cc2)cc1. The maximum Gasteiger partial charge on any atom is 0.269 e. The fourth-order valence-corrected chi connectivity index (χ4v) is 2.63. The molecule has 3 rings (SSSR count). The molecule has 6 nitrogen and oxygen atoms in total. The van der Waals surface area contributed by atoms with Gasteiger partial charge in [-0.1, -0.05) is 17.7 Å². The third-order valence-electron chi connectivity index (χ3n) is 4.18. The number of carbonyl (C=O) groups excluding carboxylic acids is 2. The van der Waals surface area contributed by atoms with Crippen LogP contribution in [-0.4, -0.2) is 31.1 Å². The van der Waals surface area contributed by atoms with Crippen LogP contribution in [-0.2, 0) is 4.74 Å². The van der Waals surface area contributed by atoms with E-state index in [-0.39, 0.29) is 12.0 Å². The molecule has 26 heavy (non-hydrogen) atoms. The first-order valence-electron chi connectivity index (χ1n) is 8.63. The van der Waals surface area contributed by atoms with Crippen molar-refractivity contribution in [3.05, 3.63) is 65.2 Å². The van der Waals surface area contributed by atoms with Crippen LogP contribution in [0.25, 0.3) is 0 Å². The Labute approximate surface area is 152 Å². The molecule has 1 atom stereocenters. The molecular formula is C20H22N2O4. The number of benzene rings is 2. The van der Waals surface area contributed by atoms with Gasteiger partial charge in [-0.2, -0.15) is 0 Å². The molecule has 6 heteroatoms. The molecule has 2 aromatic carbocycles. The second-order valence-electron chi connectivity index (χ2n) is 6.24. The molecule has 2 N–H and O–H groups in total. The molecule has 0 bridgehead atoms. The lowest BCUT2D eigenvalue weighted by molar-refractivity contribution is 0.0679. The van der Waals surface area contributed by atoms with Crippen molar-refractivity contribution in [3.63, 3.8) is 0 Å². The lowest BCUT2D eigenvalue weighted by Gasteiger charge is -2.12. The van der Waals surface area contributed by atoms with Crippen molar-refractivity contribution >= 4 is 11.8 Å². The summed E-state index contributed by atoms with van der Waals surface area (Å²) in [5.41, 5.74) is 6.79. The van der Waals surface area contributed by atoms with Crippen molar-refractivity contribution in [1.82, 2.24) is 10.9 Å². The maximum atomic E-state index is 12.1. The lowest BCUT2D eigenvalue weighted by Crippen LogP contribution is -2.41. The summed E-state index contributed by atoms with van der Waals surface area (Å²) < 4.78 is 11.2. The zero-order valence-electron chi connectivity index (χ0n) is 14.7. The summed E-state index contributed by atoms with van der Waals surface area (Å²) in [5.74, 6) is -0.0771. The summed E-state index contributed by atoms with van der Waals surface area (Å²) in [6.45, 7) is 3.25. The summed E-state index contributed by atoms with van der Waals surface area (Å²) in [4.78, 5) is 24.1. The Balaban J connectivity index is 1.48. The number of hydrogen-bond donors (Lipinski definition) is 2. The molecule has 0 aliphatic carbocycles. The van der Waals surface area contributed by atoms with Crippen molar-refractivity contribution in [3.8, 4) is 5.75 Å². The van der Waals surface area contributed by atoms with Gasteiger partial charge in [0, 0.05) is 17.7 Å². The van der Waals surface area contributed by atoms with Crippen LogP contribution in [0.4, 0.5) is 0 Å². The minimum Gasteiger partial charge on any atom is -0.491 e. The molecule has 136 valence electrons. The highest BCUT2D eigenvalue weighted by Gasteiger charge is 2.16. The van der Waals surface area contributed by atoms with Gasteiger partial charge in [-0.25, -0.2) is 0 Å². The Hall–Kier alpha value is -2.86. The van der Waals surface area contributed by atoms with Crippen LogP contribution in [0.5, 0.6) is 5.75 Å². The molecule has 1 heterocycles. The number of carbonyl (C=O) groups is 2. The third-order valence-corrected chi connectivity index (χ3v) is 4.18. The number of nitrogens with one attached hydrogen (secondary N) is 2. The van der Waals surface area contributed by atoms with E-state index in [1.54, 1.807) is 36.4 Å². The molecule has 2 amide bonds. The Bertz CT molecular complexity index is 750. The number of hydrazine groups is 1. The van der Waals surface area contributed by atoms with Crippen molar-refractivity contribution in [2.24, 2.45) is 0 Å². The van der Waals surface area contributed by atoms with Crippen LogP contribution in [0, 0.1) is 6.92 Å². The molecule has 1 fully saturated rings. The zero-order valence-corrected chi connectivity index (χ0v) is 14.7. The molecular weight excluding hydrogens is 332 g/mol. The predicted molar refractivity (Wildman–Crippen MR) is 97.0 cm³/mol.